The van der Waals surface area contributed by atoms with Crippen molar-refractivity contribution in [3.8, 4) is 77.9 Å². The third-order valence-corrected chi connectivity index (χ3v) is 22.9. The Balaban J connectivity index is 0.772. The van der Waals surface area contributed by atoms with Crippen molar-refractivity contribution in [3.05, 3.63) is 334 Å². The van der Waals surface area contributed by atoms with Crippen LogP contribution in [-0.4, -0.2) is 0 Å². The summed E-state index contributed by atoms with van der Waals surface area (Å²) in [5.74, 6) is 0. The Morgan fingerprint density at radius 3 is 0.849 bits per heavy atom. The van der Waals surface area contributed by atoms with Gasteiger partial charge in [0, 0.05) is 43.1 Å². The first-order valence-corrected chi connectivity index (χ1v) is 40.7. The van der Waals surface area contributed by atoms with Gasteiger partial charge in [-0.15, -0.1) is 0 Å². The van der Waals surface area contributed by atoms with Crippen molar-refractivity contribution in [3.63, 3.8) is 0 Å². The standard InChI is InChI=1S/C102H98Br2N2/c1-7-11-13-15-17-19-25-73-31-35-81(36-32-73)93-65-63-91(69-75(93)9-3)105(87-55-43-79(44-56-87)77-39-51-85(103)52-40-77)89-59-47-83(48-60-89)99-67-71(5)101(97-29-23-21-27-95(97)99)102-72(6)68-100(96-28-22-24-30-98(96)102)84-49-61-90(62-50-84)106(88-57-45-80(46-58-88)78-41-53-86(104)54-42-78)92-64-66-94(76(10-4)70-92)82-37-33-74(34-38-82)26-20-18-16-14-12-8-2/h21-24,27-70H,7-20,25-26H2,1-6H3. The molecule has 0 amide bonds. The highest BCUT2D eigenvalue weighted by molar-refractivity contribution is 9.10. The summed E-state index contributed by atoms with van der Waals surface area (Å²) in [4.78, 5) is 4.86. The summed E-state index contributed by atoms with van der Waals surface area (Å²) in [6.45, 7) is 13.8. The molecule has 0 radical (unpaired) electrons. The van der Waals surface area contributed by atoms with Crippen LogP contribution in [0, 0.1) is 13.8 Å². The van der Waals surface area contributed by atoms with Crippen LogP contribution in [0.3, 0.4) is 0 Å². The summed E-state index contributed by atoms with van der Waals surface area (Å²) >= 11 is 7.29. The molecule has 0 bridgehead atoms. The summed E-state index contributed by atoms with van der Waals surface area (Å²) in [5.41, 5.74) is 32.0. The molecule has 530 valence electrons. The van der Waals surface area contributed by atoms with Gasteiger partial charge < -0.3 is 9.80 Å². The van der Waals surface area contributed by atoms with Gasteiger partial charge in [0.25, 0.3) is 0 Å². The van der Waals surface area contributed by atoms with Crippen LogP contribution >= 0.6 is 31.9 Å². The minimum absolute atomic E-state index is 0.922. The monoisotopic (exact) mass is 1510 g/mol. The van der Waals surface area contributed by atoms with Crippen molar-refractivity contribution >= 4 is 87.5 Å². The van der Waals surface area contributed by atoms with Gasteiger partial charge >= 0.3 is 0 Å². The number of hydrogen-bond acceptors (Lipinski definition) is 2. The lowest BCUT2D eigenvalue weighted by atomic mass is 9.83. The zero-order valence-corrected chi connectivity index (χ0v) is 65.8. The Labute approximate surface area is 648 Å². The first-order valence-electron chi connectivity index (χ1n) is 39.1. The van der Waals surface area contributed by atoms with Crippen molar-refractivity contribution in [2.75, 3.05) is 9.80 Å². The molecule has 0 saturated heterocycles. The van der Waals surface area contributed by atoms with Gasteiger partial charge in [-0.25, -0.2) is 0 Å². The molecular weight excluding hydrogens is 1410 g/mol. The van der Waals surface area contributed by atoms with E-state index >= 15 is 0 Å². The Bertz CT molecular complexity index is 4930. The van der Waals surface area contributed by atoms with Crippen LogP contribution in [0.15, 0.2) is 300 Å². The van der Waals surface area contributed by atoms with Gasteiger partial charge in [-0.3, -0.25) is 0 Å². The predicted molar refractivity (Wildman–Crippen MR) is 467 cm³/mol. The Morgan fingerprint density at radius 1 is 0.245 bits per heavy atom. The average molecular weight is 1510 g/mol. The maximum Gasteiger partial charge on any atom is 0.0464 e. The van der Waals surface area contributed by atoms with Crippen molar-refractivity contribution in [2.45, 2.75) is 144 Å². The van der Waals surface area contributed by atoms with E-state index < -0.39 is 0 Å². The van der Waals surface area contributed by atoms with Gasteiger partial charge in [-0.05, 0) is 282 Å². The van der Waals surface area contributed by atoms with Crippen LogP contribution in [0.1, 0.15) is 138 Å². The number of rotatable bonds is 29. The maximum absolute atomic E-state index is 3.64. The lowest BCUT2D eigenvalue weighted by molar-refractivity contribution is 0.607. The molecule has 106 heavy (non-hydrogen) atoms. The molecule has 0 atom stereocenters. The largest absolute Gasteiger partial charge is 0.310 e. The lowest BCUT2D eigenvalue weighted by Crippen LogP contribution is -2.10. The van der Waals surface area contributed by atoms with Crippen LogP contribution in [0.25, 0.3) is 99.4 Å². The van der Waals surface area contributed by atoms with E-state index in [2.05, 4.69) is 374 Å². The van der Waals surface area contributed by atoms with Crippen molar-refractivity contribution in [1.82, 2.24) is 0 Å². The summed E-state index contributed by atoms with van der Waals surface area (Å²) < 4.78 is 2.15. The second-order valence-electron chi connectivity index (χ2n) is 29.0. The minimum Gasteiger partial charge on any atom is -0.310 e. The number of aryl methyl sites for hydroxylation is 6. The van der Waals surface area contributed by atoms with E-state index in [-0.39, 0.29) is 0 Å². The van der Waals surface area contributed by atoms with Gasteiger partial charge in [0.1, 0.15) is 0 Å². The zero-order chi connectivity index (χ0) is 72.9. The number of benzene rings is 14. The molecule has 0 N–H and O–H groups in total. The SMILES string of the molecule is CCCCCCCCc1ccc(-c2ccc(N(c3ccc(-c4ccc(Br)cc4)cc3)c3ccc(-c4cc(C)c(-c5c(C)cc(-c6ccc(N(c7ccc(-c8ccc(Br)cc8)cc7)c7ccc(-c8ccc(CCCCCCCC)cc8)c(CC)c7)cc6)c6ccccc56)c5ccccc45)cc3)cc2CC)cc1. The van der Waals surface area contributed by atoms with Crippen molar-refractivity contribution < 1.29 is 0 Å². The van der Waals surface area contributed by atoms with E-state index in [0.29, 0.717) is 0 Å². The molecule has 0 aromatic heterocycles. The van der Waals surface area contributed by atoms with E-state index in [4.69, 9.17) is 0 Å². The normalized spacial score (nSPS) is 11.4. The molecule has 0 heterocycles. The topological polar surface area (TPSA) is 6.48 Å². The molecule has 0 aliphatic rings. The Kier molecular flexibility index (Phi) is 23.9. The van der Waals surface area contributed by atoms with Gasteiger partial charge in [-0.1, -0.05) is 318 Å². The zero-order valence-electron chi connectivity index (χ0n) is 62.7. The van der Waals surface area contributed by atoms with Crippen molar-refractivity contribution in [2.24, 2.45) is 0 Å². The quantitative estimate of drug-likeness (QED) is 0.0431. The third kappa shape index (κ3) is 16.6. The number of halogens is 2. The second kappa shape index (κ2) is 34.6. The second-order valence-corrected chi connectivity index (χ2v) is 30.8. The maximum atomic E-state index is 3.64. The van der Waals surface area contributed by atoms with Crippen LogP contribution in [-0.2, 0) is 25.7 Å². The fourth-order valence-corrected chi connectivity index (χ4v) is 16.6. The van der Waals surface area contributed by atoms with Gasteiger partial charge in [0.05, 0.1) is 0 Å². The molecule has 0 aliphatic heterocycles. The third-order valence-electron chi connectivity index (χ3n) is 21.8. The number of hydrogen-bond donors (Lipinski definition) is 0. The molecule has 0 fully saturated rings. The van der Waals surface area contributed by atoms with Gasteiger partial charge in [-0.2, -0.15) is 0 Å². The molecule has 0 spiro atoms. The van der Waals surface area contributed by atoms with Crippen molar-refractivity contribution in [1.29, 1.82) is 0 Å². The minimum atomic E-state index is 0.922. The predicted octanol–water partition coefficient (Wildman–Crippen LogP) is 31.7. The van der Waals surface area contributed by atoms with E-state index in [1.807, 2.05) is 0 Å². The van der Waals surface area contributed by atoms with Crippen LogP contribution < -0.4 is 9.80 Å². The van der Waals surface area contributed by atoms with E-state index in [9.17, 15) is 0 Å². The number of nitrogens with zero attached hydrogens (tertiary/aromatic N) is 2. The highest BCUT2D eigenvalue weighted by Crippen LogP contribution is 2.48. The number of anilines is 6. The molecule has 14 aromatic carbocycles. The van der Waals surface area contributed by atoms with Crippen LogP contribution in [0.5, 0.6) is 0 Å². The Morgan fingerprint density at radius 2 is 0.519 bits per heavy atom. The Hall–Kier alpha value is -9.84. The van der Waals surface area contributed by atoms with Crippen LogP contribution in [0.4, 0.5) is 34.1 Å². The summed E-state index contributed by atoms with van der Waals surface area (Å²) in [6.07, 6.45) is 19.9. The summed E-state index contributed by atoms with van der Waals surface area (Å²) in [5, 5.41) is 4.97. The highest BCUT2D eigenvalue weighted by atomic mass is 79.9. The van der Waals surface area contributed by atoms with E-state index in [0.717, 1.165) is 68.8 Å². The van der Waals surface area contributed by atoms with E-state index in [1.165, 1.54) is 210 Å². The van der Waals surface area contributed by atoms with Gasteiger partial charge in [0.2, 0.25) is 0 Å². The van der Waals surface area contributed by atoms with Crippen LogP contribution in [0.2, 0.25) is 0 Å². The molecule has 0 unspecified atom stereocenters. The number of fused-ring (bicyclic) bond motifs is 2. The first-order chi connectivity index (χ1) is 52.0. The molecule has 0 aliphatic carbocycles. The lowest BCUT2D eigenvalue weighted by Gasteiger charge is -2.27. The molecule has 0 saturated carbocycles. The van der Waals surface area contributed by atoms with Gasteiger partial charge in [0.15, 0.2) is 0 Å². The molecule has 14 aromatic rings. The smallest absolute Gasteiger partial charge is 0.0464 e. The number of unbranched alkanes of at least 4 members (excludes halogenated alkanes) is 10. The molecule has 2 nitrogen and oxygen atoms in total. The summed E-state index contributed by atoms with van der Waals surface area (Å²) in [6, 6.07) is 110. The molecular formula is C102H98Br2N2. The fourth-order valence-electron chi connectivity index (χ4n) is 16.0. The average Bonchev–Trinajstić information content (AvgIpc) is 0.739. The summed E-state index contributed by atoms with van der Waals surface area (Å²) in [7, 11) is 0. The highest BCUT2D eigenvalue weighted by Gasteiger charge is 2.23. The molecule has 14 rings (SSSR count). The fraction of sp³-hybridized carbons (Fsp3) is 0.216. The van der Waals surface area contributed by atoms with E-state index in [1.54, 1.807) is 0 Å². The molecule has 4 heteroatoms. The first kappa shape index (κ1) is 73.1.